The van der Waals surface area contributed by atoms with Gasteiger partial charge in [-0.05, 0) is 18.2 Å². The highest BCUT2D eigenvalue weighted by molar-refractivity contribution is 6.15. The number of nitro groups is 1. The molecule has 1 aromatic heterocycles. The van der Waals surface area contributed by atoms with Crippen LogP contribution in [0.5, 0.6) is 0 Å². The van der Waals surface area contributed by atoms with Crippen LogP contribution in [0.3, 0.4) is 0 Å². The van der Waals surface area contributed by atoms with Crippen molar-refractivity contribution in [3.05, 3.63) is 112 Å². The maximum absolute atomic E-state index is 12.9. The SMILES string of the molecule is O=C(Nc1ccc([N+](=O)[O-])cc1C(=O)c1ccccc1)c1cn(-c2ccccc2)nn1. The Morgan fingerprint density at radius 2 is 1.61 bits per heavy atom. The molecule has 9 nitrogen and oxygen atoms in total. The molecule has 0 aliphatic rings. The van der Waals surface area contributed by atoms with Gasteiger partial charge in [-0.2, -0.15) is 0 Å². The summed E-state index contributed by atoms with van der Waals surface area (Å²) in [5.74, 6) is -1.05. The second-order valence-electron chi connectivity index (χ2n) is 6.52. The van der Waals surface area contributed by atoms with Crippen LogP contribution in [0.25, 0.3) is 5.69 Å². The molecular formula is C22H15N5O4. The van der Waals surface area contributed by atoms with Gasteiger partial charge in [0.1, 0.15) is 0 Å². The molecule has 4 aromatic rings. The molecule has 3 aromatic carbocycles. The molecule has 0 spiro atoms. The van der Waals surface area contributed by atoms with Gasteiger partial charge in [0.2, 0.25) is 0 Å². The maximum Gasteiger partial charge on any atom is 0.277 e. The Balaban J connectivity index is 1.65. The molecule has 0 unspecified atom stereocenters. The Bertz CT molecular complexity index is 1270. The normalized spacial score (nSPS) is 10.5. The van der Waals surface area contributed by atoms with E-state index in [1.54, 1.807) is 30.3 Å². The van der Waals surface area contributed by atoms with E-state index in [9.17, 15) is 19.7 Å². The molecule has 152 valence electrons. The fourth-order valence-electron chi connectivity index (χ4n) is 2.95. The largest absolute Gasteiger partial charge is 0.320 e. The van der Waals surface area contributed by atoms with E-state index in [0.29, 0.717) is 5.56 Å². The van der Waals surface area contributed by atoms with E-state index >= 15 is 0 Å². The van der Waals surface area contributed by atoms with Crippen molar-refractivity contribution < 1.29 is 14.5 Å². The van der Waals surface area contributed by atoms with Crippen LogP contribution in [0.15, 0.2) is 85.1 Å². The number of benzene rings is 3. The number of carbonyl (C=O) groups excluding carboxylic acids is 2. The van der Waals surface area contributed by atoms with Gasteiger partial charge < -0.3 is 5.32 Å². The molecule has 0 fully saturated rings. The van der Waals surface area contributed by atoms with Crippen LogP contribution in [0.2, 0.25) is 0 Å². The lowest BCUT2D eigenvalue weighted by Gasteiger charge is -2.10. The third-order valence-electron chi connectivity index (χ3n) is 4.49. The number of ketones is 1. The zero-order chi connectivity index (χ0) is 21.8. The Labute approximate surface area is 176 Å². The van der Waals surface area contributed by atoms with Crippen molar-refractivity contribution in [3.63, 3.8) is 0 Å². The van der Waals surface area contributed by atoms with Gasteiger partial charge in [0.25, 0.3) is 11.6 Å². The van der Waals surface area contributed by atoms with Crippen LogP contribution in [0.4, 0.5) is 11.4 Å². The van der Waals surface area contributed by atoms with E-state index in [-0.39, 0.29) is 22.6 Å². The van der Waals surface area contributed by atoms with Gasteiger partial charge in [-0.15, -0.1) is 5.10 Å². The van der Waals surface area contributed by atoms with E-state index in [4.69, 9.17) is 0 Å². The van der Waals surface area contributed by atoms with Gasteiger partial charge in [0.15, 0.2) is 11.5 Å². The highest BCUT2D eigenvalue weighted by Gasteiger charge is 2.21. The number of carbonyl (C=O) groups is 2. The second kappa shape index (κ2) is 8.37. The smallest absolute Gasteiger partial charge is 0.277 e. The molecule has 0 aliphatic carbocycles. The third kappa shape index (κ3) is 4.20. The lowest BCUT2D eigenvalue weighted by molar-refractivity contribution is -0.384. The number of hydrogen-bond acceptors (Lipinski definition) is 6. The number of rotatable bonds is 6. The topological polar surface area (TPSA) is 120 Å². The van der Waals surface area contributed by atoms with E-state index in [1.807, 2.05) is 30.3 Å². The Kier molecular flexibility index (Phi) is 5.31. The van der Waals surface area contributed by atoms with Crippen molar-refractivity contribution >= 4 is 23.1 Å². The Hall–Kier alpha value is -4.66. The number of anilines is 1. The summed E-state index contributed by atoms with van der Waals surface area (Å²) in [5.41, 5.74) is 0.980. The van der Waals surface area contributed by atoms with E-state index in [1.165, 1.54) is 23.0 Å². The lowest BCUT2D eigenvalue weighted by atomic mass is 10.0. The Morgan fingerprint density at radius 3 is 2.29 bits per heavy atom. The molecule has 31 heavy (non-hydrogen) atoms. The minimum atomic E-state index is -0.599. The summed E-state index contributed by atoms with van der Waals surface area (Å²) < 4.78 is 1.45. The number of para-hydroxylation sites is 1. The van der Waals surface area contributed by atoms with Crippen LogP contribution >= 0.6 is 0 Å². The van der Waals surface area contributed by atoms with Crippen molar-refractivity contribution in [3.8, 4) is 5.69 Å². The molecule has 0 atom stereocenters. The average molecular weight is 413 g/mol. The number of non-ortho nitro benzene ring substituents is 1. The first-order chi connectivity index (χ1) is 15.0. The lowest BCUT2D eigenvalue weighted by Crippen LogP contribution is -2.16. The van der Waals surface area contributed by atoms with Gasteiger partial charge in [0.05, 0.1) is 28.1 Å². The molecule has 4 rings (SSSR count). The van der Waals surface area contributed by atoms with Gasteiger partial charge >= 0.3 is 0 Å². The highest BCUT2D eigenvalue weighted by Crippen LogP contribution is 2.25. The molecule has 0 bridgehead atoms. The zero-order valence-corrected chi connectivity index (χ0v) is 16.0. The predicted octanol–water partition coefficient (Wildman–Crippen LogP) is 3.66. The van der Waals surface area contributed by atoms with Crippen molar-refractivity contribution in [2.75, 3.05) is 5.32 Å². The number of nitro benzene ring substituents is 1. The molecule has 0 aliphatic heterocycles. The first kappa shape index (κ1) is 19.6. The summed E-state index contributed by atoms with van der Waals surface area (Å²) in [6.07, 6.45) is 1.45. The van der Waals surface area contributed by atoms with Crippen LogP contribution in [-0.4, -0.2) is 31.6 Å². The van der Waals surface area contributed by atoms with E-state index in [0.717, 1.165) is 11.8 Å². The zero-order valence-electron chi connectivity index (χ0n) is 16.0. The molecule has 0 saturated heterocycles. The fourth-order valence-corrected chi connectivity index (χ4v) is 2.95. The average Bonchev–Trinajstić information content (AvgIpc) is 3.30. The maximum atomic E-state index is 12.9. The monoisotopic (exact) mass is 413 g/mol. The first-order valence-electron chi connectivity index (χ1n) is 9.20. The van der Waals surface area contributed by atoms with Crippen LogP contribution < -0.4 is 5.32 Å². The van der Waals surface area contributed by atoms with Crippen molar-refractivity contribution in [1.29, 1.82) is 0 Å². The summed E-state index contributed by atoms with van der Waals surface area (Å²) in [6.45, 7) is 0. The predicted molar refractivity (Wildman–Crippen MR) is 112 cm³/mol. The summed E-state index contributed by atoms with van der Waals surface area (Å²) in [5, 5.41) is 21.6. The number of nitrogens with zero attached hydrogens (tertiary/aromatic N) is 4. The van der Waals surface area contributed by atoms with Crippen LogP contribution in [0.1, 0.15) is 26.4 Å². The molecule has 0 saturated carbocycles. The fraction of sp³-hybridized carbons (Fsp3) is 0. The van der Waals surface area contributed by atoms with E-state index in [2.05, 4.69) is 15.6 Å². The quantitative estimate of drug-likeness (QED) is 0.293. The minimum Gasteiger partial charge on any atom is -0.320 e. The highest BCUT2D eigenvalue weighted by atomic mass is 16.6. The van der Waals surface area contributed by atoms with E-state index < -0.39 is 16.6 Å². The molecule has 0 radical (unpaired) electrons. The summed E-state index contributed by atoms with van der Waals surface area (Å²) in [6, 6.07) is 21.1. The first-order valence-corrected chi connectivity index (χ1v) is 9.20. The third-order valence-corrected chi connectivity index (χ3v) is 4.49. The Morgan fingerprint density at radius 1 is 0.935 bits per heavy atom. The van der Waals surface area contributed by atoms with Gasteiger partial charge in [-0.25, -0.2) is 4.68 Å². The summed E-state index contributed by atoms with van der Waals surface area (Å²) in [4.78, 5) is 36.3. The van der Waals surface area contributed by atoms with Crippen molar-refractivity contribution in [1.82, 2.24) is 15.0 Å². The summed E-state index contributed by atoms with van der Waals surface area (Å²) in [7, 11) is 0. The second-order valence-corrected chi connectivity index (χ2v) is 6.52. The number of hydrogen-bond donors (Lipinski definition) is 1. The molecule has 1 heterocycles. The summed E-state index contributed by atoms with van der Waals surface area (Å²) >= 11 is 0. The minimum absolute atomic E-state index is 0.00389. The van der Waals surface area contributed by atoms with Crippen LogP contribution in [0, 0.1) is 10.1 Å². The van der Waals surface area contributed by atoms with Crippen molar-refractivity contribution in [2.45, 2.75) is 0 Å². The van der Waals surface area contributed by atoms with Crippen molar-refractivity contribution in [2.24, 2.45) is 0 Å². The number of nitrogens with one attached hydrogen (secondary N) is 1. The molecule has 9 heteroatoms. The van der Waals surface area contributed by atoms with Gasteiger partial charge in [0, 0.05) is 17.7 Å². The molecule has 1 amide bonds. The molecule has 1 N–H and O–H groups in total. The van der Waals surface area contributed by atoms with Gasteiger partial charge in [-0.1, -0.05) is 53.7 Å². The van der Waals surface area contributed by atoms with Gasteiger partial charge in [-0.3, -0.25) is 19.7 Å². The number of amides is 1. The molecular weight excluding hydrogens is 398 g/mol. The van der Waals surface area contributed by atoms with Crippen LogP contribution in [-0.2, 0) is 0 Å². The number of aromatic nitrogens is 3. The standard InChI is InChI=1S/C22H15N5O4/c28-21(15-7-3-1-4-8-15)18-13-17(27(30)31)11-12-19(18)23-22(29)20-14-26(25-24-20)16-9-5-2-6-10-16/h1-14H,(H,23,29).